The SMILES string of the molecule is CCOC(=O)c1ccc(NC(=O)[C@@H](C)N(c2cccc(F)c2)S(C)(=O)=O)c(C)c1. The minimum absolute atomic E-state index is 0.0459. The fourth-order valence-electron chi connectivity index (χ4n) is 2.80. The maximum absolute atomic E-state index is 13.6. The summed E-state index contributed by atoms with van der Waals surface area (Å²) < 4.78 is 43.9. The molecule has 29 heavy (non-hydrogen) atoms. The van der Waals surface area contributed by atoms with Crippen molar-refractivity contribution in [2.75, 3.05) is 22.5 Å². The molecule has 0 aliphatic carbocycles. The summed E-state index contributed by atoms with van der Waals surface area (Å²) in [6.07, 6.45) is 0.946. The molecule has 0 aromatic heterocycles. The smallest absolute Gasteiger partial charge is 0.338 e. The third kappa shape index (κ3) is 5.54. The van der Waals surface area contributed by atoms with Crippen molar-refractivity contribution >= 4 is 33.3 Å². The zero-order chi connectivity index (χ0) is 21.8. The number of ether oxygens (including phenoxy) is 1. The molecule has 0 radical (unpaired) electrons. The molecule has 9 heteroatoms. The number of carbonyl (C=O) groups is 2. The Hall–Kier alpha value is -2.94. The van der Waals surface area contributed by atoms with Crippen LogP contribution in [0.1, 0.15) is 29.8 Å². The highest BCUT2D eigenvalue weighted by Crippen LogP contribution is 2.23. The van der Waals surface area contributed by atoms with Gasteiger partial charge < -0.3 is 10.1 Å². The second-order valence-corrected chi connectivity index (χ2v) is 8.31. The first-order chi connectivity index (χ1) is 13.5. The first-order valence-corrected chi connectivity index (χ1v) is 10.7. The average molecular weight is 422 g/mol. The van der Waals surface area contributed by atoms with Gasteiger partial charge in [0.1, 0.15) is 11.9 Å². The highest BCUT2D eigenvalue weighted by Gasteiger charge is 2.29. The lowest BCUT2D eigenvalue weighted by Gasteiger charge is -2.28. The molecule has 0 saturated heterocycles. The number of esters is 1. The molecule has 0 spiro atoms. The van der Waals surface area contributed by atoms with Crippen molar-refractivity contribution < 1.29 is 27.1 Å². The second kappa shape index (κ2) is 9.04. The van der Waals surface area contributed by atoms with E-state index in [4.69, 9.17) is 4.74 Å². The Bertz CT molecular complexity index is 1020. The van der Waals surface area contributed by atoms with E-state index in [9.17, 15) is 22.4 Å². The molecule has 2 aromatic carbocycles. The predicted molar refractivity (Wildman–Crippen MR) is 109 cm³/mol. The van der Waals surface area contributed by atoms with Gasteiger partial charge in [0.05, 0.1) is 24.1 Å². The topological polar surface area (TPSA) is 92.8 Å². The van der Waals surface area contributed by atoms with Crippen LogP contribution in [0.4, 0.5) is 15.8 Å². The number of anilines is 2. The molecule has 0 bridgehead atoms. The minimum atomic E-state index is -3.86. The van der Waals surface area contributed by atoms with E-state index >= 15 is 0 Å². The van der Waals surface area contributed by atoms with E-state index < -0.39 is 33.8 Å². The number of aryl methyl sites for hydroxylation is 1. The fourth-order valence-corrected chi connectivity index (χ4v) is 3.97. The largest absolute Gasteiger partial charge is 0.462 e. The van der Waals surface area contributed by atoms with Gasteiger partial charge in [-0.3, -0.25) is 9.10 Å². The molecule has 0 fully saturated rings. The standard InChI is InChI=1S/C20H23FN2O5S/c1-5-28-20(25)15-9-10-18(13(2)11-15)22-19(24)14(3)23(29(4,26)27)17-8-6-7-16(21)12-17/h6-12,14H,5H2,1-4H3,(H,22,24)/t14-/m1/s1. The summed E-state index contributed by atoms with van der Waals surface area (Å²) in [5.41, 5.74) is 1.41. The Morgan fingerprint density at radius 1 is 1.21 bits per heavy atom. The number of nitrogens with zero attached hydrogens (tertiary/aromatic N) is 1. The van der Waals surface area contributed by atoms with E-state index in [0.29, 0.717) is 16.8 Å². The van der Waals surface area contributed by atoms with Crippen molar-refractivity contribution in [1.29, 1.82) is 0 Å². The van der Waals surface area contributed by atoms with Crippen molar-refractivity contribution in [3.8, 4) is 0 Å². The molecular formula is C20H23FN2O5S. The molecule has 0 aliphatic heterocycles. The molecule has 0 heterocycles. The van der Waals surface area contributed by atoms with Crippen molar-refractivity contribution in [2.45, 2.75) is 26.8 Å². The second-order valence-electron chi connectivity index (χ2n) is 6.45. The van der Waals surface area contributed by atoms with Crippen molar-refractivity contribution in [3.63, 3.8) is 0 Å². The van der Waals surface area contributed by atoms with Gasteiger partial charge in [-0.05, 0) is 62.7 Å². The first kappa shape index (κ1) is 22.4. The highest BCUT2D eigenvalue weighted by atomic mass is 32.2. The average Bonchev–Trinajstić information content (AvgIpc) is 2.62. The maximum Gasteiger partial charge on any atom is 0.338 e. The van der Waals surface area contributed by atoms with E-state index in [-0.39, 0.29) is 12.3 Å². The Kier molecular flexibility index (Phi) is 6.97. The van der Waals surface area contributed by atoms with Crippen LogP contribution >= 0.6 is 0 Å². The van der Waals surface area contributed by atoms with Gasteiger partial charge in [0.15, 0.2) is 0 Å². The molecule has 2 rings (SSSR count). The molecule has 1 amide bonds. The van der Waals surface area contributed by atoms with E-state index in [0.717, 1.165) is 16.6 Å². The van der Waals surface area contributed by atoms with Crippen LogP contribution in [0, 0.1) is 12.7 Å². The summed E-state index contributed by atoms with van der Waals surface area (Å²) in [4.78, 5) is 24.5. The molecule has 1 atom stereocenters. The van der Waals surface area contributed by atoms with Crippen molar-refractivity contribution in [1.82, 2.24) is 0 Å². The summed E-state index contributed by atoms with van der Waals surface area (Å²) >= 11 is 0. The van der Waals surface area contributed by atoms with Crippen LogP contribution in [-0.2, 0) is 19.6 Å². The van der Waals surface area contributed by atoms with Crippen LogP contribution in [0.5, 0.6) is 0 Å². The number of rotatable bonds is 7. The molecular weight excluding hydrogens is 399 g/mol. The first-order valence-electron chi connectivity index (χ1n) is 8.88. The number of amides is 1. The third-order valence-corrected chi connectivity index (χ3v) is 5.39. The van der Waals surface area contributed by atoms with Gasteiger partial charge in [0, 0.05) is 5.69 Å². The normalized spacial score (nSPS) is 12.2. The summed E-state index contributed by atoms with van der Waals surface area (Å²) in [6.45, 7) is 5.05. The lowest BCUT2D eigenvalue weighted by atomic mass is 10.1. The fraction of sp³-hybridized carbons (Fsp3) is 0.300. The number of nitrogens with one attached hydrogen (secondary N) is 1. The highest BCUT2D eigenvalue weighted by molar-refractivity contribution is 7.92. The van der Waals surface area contributed by atoms with Gasteiger partial charge in [-0.1, -0.05) is 6.07 Å². The minimum Gasteiger partial charge on any atom is -0.462 e. The third-order valence-electron chi connectivity index (χ3n) is 4.15. The molecule has 0 unspecified atom stereocenters. The van der Waals surface area contributed by atoms with Gasteiger partial charge in [-0.2, -0.15) is 0 Å². The van der Waals surface area contributed by atoms with Crippen molar-refractivity contribution in [3.05, 3.63) is 59.4 Å². The number of halogens is 1. The Morgan fingerprint density at radius 3 is 2.45 bits per heavy atom. The molecule has 7 nitrogen and oxygen atoms in total. The van der Waals surface area contributed by atoms with Crippen LogP contribution in [0.2, 0.25) is 0 Å². The van der Waals surface area contributed by atoms with E-state index in [1.807, 2.05) is 0 Å². The molecule has 156 valence electrons. The molecule has 0 aliphatic rings. The van der Waals surface area contributed by atoms with Crippen LogP contribution < -0.4 is 9.62 Å². The van der Waals surface area contributed by atoms with E-state index in [1.165, 1.54) is 31.2 Å². The number of hydrogen-bond donors (Lipinski definition) is 1. The number of sulfonamides is 1. The molecule has 2 aromatic rings. The molecule has 0 saturated carbocycles. The Balaban J connectivity index is 2.27. The summed E-state index contributed by atoms with van der Waals surface area (Å²) in [5, 5.41) is 2.65. The van der Waals surface area contributed by atoms with Gasteiger partial charge in [0.25, 0.3) is 0 Å². The van der Waals surface area contributed by atoms with Gasteiger partial charge in [0.2, 0.25) is 15.9 Å². The van der Waals surface area contributed by atoms with E-state index in [2.05, 4.69) is 5.32 Å². The number of carbonyl (C=O) groups excluding carboxylic acids is 2. The quantitative estimate of drug-likeness (QED) is 0.692. The van der Waals surface area contributed by atoms with Crippen LogP contribution in [-0.4, -0.2) is 39.2 Å². The maximum atomic E-state index is 13.6. The van der Waals surface area contributed by atoms with Crippen LogP contribution in [0.25, 0.3) is 0 Å². The lowest BCUT2D eigenvalue weighted by Crippen LogP contribution is -2.45. The number of hydrogen-bond acceptors (Lipinski definition) is 5. The van der Waals surface area contributed by atoms with Gasteiger partial charge in [-0.15, -0.1) is 0 Å². The zero-order valence-electron chi connectivity index (χ0n) is 16.6. The van der Waals surface area contributed by atoms with Gasteiger partial charge >= 0.3 is 5.97 Å². The van der Waals surface area contributed by atoms with Gasteiger partial charge in [-0.25, -0.2) is 17.6 Å². The predicted octanol–water partition coefficient (Wildman–Crippen LogP) is 3.10. The summed E-state index contributed by atoms with van der Waals surface area (Å²) in [7, 11) is -3.86. The van der Waals surface area contributed by atoms with Crippen LogP contribution in [0.15, 0.2) is 42.5 Å². The Labute approximate surface area is 169 Å². The lowest BCUT2D eigenvalue weighted by molar-refractivity contribution is -0.116. The summed E-state index contributed by atoms with van der Waals surface area (Å²) in [5.74, 6) is -1.70. The van der Waals surface area contributed by atoms with Crippen molar-refractivity contribution in [2.24, 2.45) is 0 Å². The van der Waals surface area contributed by atoms with E-state index in [1.54, 1.807) is 26.0 Å². The zero-order valence-corrected chi connectivity index (χ0v) is 17.4. The Morgan fingerprint density at radius 2 is 1.90 bits per heavy atom. The summed E-state index contributed by atoms with van der Waals surface area (Å²) in [6, 6.07) is 8.48. The monoisotopic (exact) mass is 422 g/mol. The molecule has 1 N–H and O–H groups in total. The van der Waals surface area contributed by atoms with Crippen LogP contribution in [0.3, 0.4) is 0 Å². The number of benzene rings is 2.